The van der Waals surface area contributed by atoms with Gasteiger partial charge in [-0.1, -0.05) is 0 Å². The Labute approximate surface area is 114 Å². The van der Waals surface area contributed by atoms with E-state index in [0.717, 1.165) is 0 Å². The average molecular weight is 274 g/mol. The molecule has 6 heteroatoms. The first-order chi connectivity index (χ1) is 9.04. The second-order valence-corrected chi connectivity index (χ2v) is 6.08. The molecule has 0 aliphatic heterocycles. The molecular weight excluding hydrogens is 260 g/mol. The van der Waals surface area contributed by atoms with E-state index in [1.165, 1.54) is 9.75 Å². The summed E-state index contributed by atoms with van der Waals surface area (Å²) >= 11 is 1.72. The van der Waals surface area contributed by atoms with Crippen LogP contribution in [0.1, 0.15) is 38.1 Å². The number of carbonyl (C=O) groups excluding carboxylic acids is 1. The standard InChI is InChI=1S/C13H14N4OS/c1-6-2-3-10(19-6)7-4-8-11(9(18)5-7)12(14)17-13(15)16-8/h2-3,7H,4-5H2,1H3,(H4,14,15,16,17)/t7-/m0/s1. The van der Waals surface area contributed by atoms with Gasteiger partial charge >= 0.3 is 0 Å². The number of aromatic nitrogens is 2. The SMILES string of the molecule is Cc1ccc([C@@H]2CC(=O)c3c(N)nc(N)nc3C2)s1. The first-order valence-corrected chi connectivity index (χ1v) is 6.87. The van der Waals surface area contributed by atoms with Crippen molar-refractivity contribution in [2.24, 2.45) is 0 Å². The van der Waals surface area contributed by atoms with Gasteiger partial charge in [0.05, 0.1) is 11.3 Å². The zero-order valence-corrected chi connectivity index (χ0v) is 11.3. The van der Waals surface area contributed by atoms with Crippen molar-refractivity contribution in [1.82, 2.24) is 9.97 Å². The van der Waals surface area contributed by atoms with Crippen molar-refractivity contribution in [1.29, 1.82) is 0 Å². The molecule has 5 nitrogen and oxygen atoms in total. The van der Waals surface area contributed by atoms with Crippen LogP contribution in [-0.2, 0) is 6.42 Å². The van der Waals surface area contributed by atoms with E-state index in [9.17, 15) is 4.79 Å². The molecule has 0 bridgehead atoms. The molecule has 1 aliphatic carbocycles. The van der Waals surface area contributed by atoms with E-state index in [0.29, 0.717) is 24.1 Å². The number of ketones is 1. The minimum atomic E-state index is 0.00908. The number of nitrogens with zero attached hydrogens (tertiary/aromatic N) is 2. The molecule has 0 saturated heterocycles. The Morgan fingerprint density at radius 2 is 2.05 bits per heavy atom. The Kier molecular flexibility index (Phi) is 2.74. The van der Waals surface area contributed by atoms with Crippen LogP contribution in [-0.4, -0.2) is 15.8 Å². The summed E-state index contributed by atoms with van der Waals surface area (Å²) in [5, 5.41) is 0. The summed E-state index contributed by atoms with van der Waals surface area (Å²) in [5.74, 6) is 0.516. The number of hydrogen-bond donors (Lipinski definition) is 2. The highest BCUT2D eigenvalue weighted by Crippen LogP contribution is 2.36. The fraction of sp³-hybridized carbons (Fsp3) is 0.308. The maximum Gasteiger partial charge on any atom is 0.222 e. The predicted molar refractivity (Wildman–Crippen MR) is 75.3 cm³/mol. The Balaban J connectivity index is 2.02. The molecule has 2 heterocycles. The van der Waals surface area contributed by atoms with Gasteiger partial charge in [0.1, 0.15) is 5.82 Å². The largest absolute Gasteiger partial charge is 0.383 e. The zero-order chi connectivity index (χ0) is 13.6. The third kappa shape index (κ3) is 2.08. The van der Waals surface area contributed by atoms with Crippen molar-refractivity contribution >= 4 is 28.9 Å². The van der Waals surface area contributed by atoms with Crippen molar-refractivity contribution in [3.05, 3.63) is 33.1 Å². The second kappa shape index (κ2) is 4.31. The topological polar surface area (TPSA) is 94.9 Å². The summed E-state index contributed by atoms with van der Waals surface area (Å²) in [6.45, 7) is 2.06. The predicted octanol–water partition coefficient (Wildman–Crippen LogP) is 1.92. The van der Waals surface area contributed by atoms with Crippen LogP contribution in [0, 0.1) is 6.92 Å². The smallest absolute Gasteiger partial charge is 0.222 e. The highest BCUT2D eigenvalue weighted by molar-refractivity contribution is 7.12. The van der Waals surface area contributed by atoms with Crippen LogP contribution in [0.4, 0.5) is 11.8 Å². The van der Waals surface area contributed by atoms with Gasteiger partial charge < -0.3 is 11.5 Å². The molecule has 0 unspecified atom stereocenters. The molecule has 4 N–H and O–H groups in total. The van der Waals surface area contributed by atoms with E-state index in [2.05, 4.69) is 29.0 Å². The van der Waals surface area contributed by atoms with Gasteiger partial charge in [0.25, 0.3) is 0 Å². The van der Waals surface area contributed by atoms with E-state index >= 15 is 0 Å². The molecule has 0 spiro atoms. The molecule has 2 aromatic rings. The number of nitrogens with two attached hydrogens (primary N) is 2. The van der Waals surface area contributed by atoms with E-state index in [1.54, 1.807) is 11.3 Å². The van der Waals surface area contributed by atoms with Crippen LogP contribution in [0.2, 0.25) is 0 Å². The normalized spacial score (nSPS) is 18.4. The van der Waals surface area contributed by atoms with Crippen LogP contribution in [0.5, 0.6) is 0 Å². The molecule has 3 rings (SSSR count). The first kappa shape index (κ1) is 12.1. The molecule has 1 aliphatic rings. The lowest BCUT2D eigenvalue weighted by Gasteiger charge is -2.22. The van der Waals surface area contributed by atoms with E-state index in [4.69, 9.17) is 11.5 Å². The van der Waals surface area contributed by atoms with Crippen LogP contribution in [0.25, 0.3) is 0 Å². The Hall–Kier alpha value is -1.95. The van der Waals surface area contributed by atoms with Crippen LogP contribution >= 0.6 is 11.3 Å². The van der Waals surface area contributed by atoms with Gasteiger partial charge in [-0.3, -0.25) is 4.79 Å². The number of anilines is 2. The van der Waals surface area contributed by atoms with Gasteiger partial charge in [-0.15, -0.1) is 11.3 Å². The Bertz CT molecular complexity index is 665. The van der Waals surface area contributed by atoms with Gasteiger partial charge in [0.2, 0.25) is 5.95 Å². The number of aryl methyl sites for hydroxylation is 1. The minimum absolute atomic E-state index is 0.00908. The van der Waals surface area contributed by atoms with Gasteiger partial charge in [-0.05, 0) is 25.5 Å². The zero-order valence-electron chi connectivity index (χ0n) is 10.5. The number of thiophene rings is 1. The van der Waals surface area contributed by atoms with Gasteiger partial charge in [0, 0.05) is 22.1 Å². The third-order valence-corrected chi connectivity index (χ3v) is 4.51. The quantitative estimate of drug-likeness (QED) is 0.828. The molecule has 2 aromatic heterocycles. The summed E-state index contributed by atoms with van der Waals surface area (Å²) in [6.07, 6.45) is 1.16. The number of nitrogen functional groups attached to an aromatic ring is 2. The summed E-state index contributed by atoms with van der Waals surface area (Å²) in [4.78, 5) is 22.7. The number of fused-ring (bicyclic) bond motifs is 1. The van der Waals surface area contributed by atoms with Crippen molar-refractivity contribution in [3.63, 3.8) is 0 Å². The van der Waals surface area contributed by atoms with Crippen LogP contribution in [0.15, 0.2) is 12.1 Å². The Morgan fingerprint density at radius 3 is 2.74 bits per heavy atom. The van der Waals surface area contributed by atoms with Gasteiger partial charge in [0.15, 0.2) is 5.78 Å². The molecule has 0 amide bonds. The van der Waals surface area contributed by atoms with Crippen molar-refractivity contribution in [2.75, 3.05) is 11.5 Å². The summed E-state index contributed by atoms with van der Waals surface area (Å²) in [7, 11) is 0. The molecule has 19 heavy (non-hydrogen) atoms. The summed E-state index contributed by atoms with van der Waals surface area (Å²) in [6, 6.07) is 4.15. The molecule has 1 atom stereocenters. The minimum Gasteiger partial charge on any atom is -0.383 e. The monoisotopic (exact) mass is 274 g/mol. The second-order valence-electron chi connectivity index (χ2n) is 4.77. The lowest BCUT2D eigenvalue weighted by atomic mass is 9.85. The number of carbonyl (C=O) groups is 1. The fourth-order valence-electron chi connectivity index (χ4n) is 2.50. The highest BCUT2D eigenvalue weighted by Gasteiger charge is 2.30. The van der Waals surface area contributed by atoms with Crippen molar-refractivity contribution in [2.45, 2.75) is 25.7 Å². The van der Waals surface area contributed by atoms with Crippen molar-refractivity contribution < 1.29 is 4.79 Å². The number of hydrogen-bond acceptors (Lipinski definition) is 6. The Morgan fingerprint density at radius 1 is 1.26 bits per heavy atom. The summed E-state index contributed by atoms with van der Waals surface area (Å²) in [5.41, 5.74) is 12.5. The van der Waals surface area contributed by atoms with Gasteiger partial charge in [-0.25, -0.2) is 4.98 Å². The fourth-order valence-corrected chi connectivity index (χ4v) is 3.48. The molecular formula is C13H14N4OS. The lowest BCUT2D eigenvalue weighted by molar-refractivity contribution is 0.0964. The summed E-state index contributed by atoms with van der Waals surface area (Å²) < 4.78 is 0. The number of rotatable bonds is 1. The number of Topliss-reactive ketones (excluding diaryl/α,β-unsaturated/α-hetero) is 1. The molecule has 0 aromatic carbocycles. The van der Waals surface area contributed by atoms with E-state index < -0.39 is 0 Å². The van der Waals surface area contributed by atoms with E-state index in [1.807, 2.05) is 0 Å². The highest BCUT2D eigenvalue weighted by atomic mass is 32.1. The van der Waals surface area contributed by atoms with Crippen molar-refractivity contribution in [3.8, 4) is 0 Å². The molecule has 98 valence electrons. The average Bonchev–Trinajstić information content (AvgIpc) is 2.74. The molecule has 0 radical (unpaired) electrons. The maximum absolute atomic E-state index is 12.2. The molecule has 0 fully saturated rings. The van der Waals surface area contributed by atoms with Crippen LogP contribution in [0.3, 0.4) is 0 Å². The first-order valence-electron chi connectivity index (χ1n) is 6.06. The lowest BCUT2D eigenvalue weighted by Crippen LogP contribution is -2.22. The van der Waals surface area contributed by atoms with E-state index in [-0.39, 0.29) is 23.5 Å². The third-order valence-electron chi connectivity index (χ3n) is 3.34. The van der Waals surface area contributed by atoms with Crippen LogP contribution < -0.4 is 11.5 Å². The van der Waals surface area contributed by atoms with Gasteiger partial charge in [-0.2, -0.15) is 4.98 Å². The maximum atomic E-state index is 12.2. The molecule has 0 saturated carbocycles.